The number of alkyl halides is 6. The summed E-state index contributed by atoms with van der Waals surface area (Å²) in [4.78, 5) is 6.52. The van der Waals surface area contributed by atoms with Crippen molar-refractivity contribution in [3.63, 3.8) is 0 Å². The van der Waals surface area contributed by atoms with E-state index >= 15 is 0 Å². The largest absolute Gasteiger partial charge is 0.433 e. The molecule has 0 amide bonds. The van der Waals surface area contributed by atoms with Crippen LogP contribution in [0, 0.1) is 22.7 Å². The van der Waals surface area contributed by atoms with Gasteiger partial charge in [0.05, 0.1) is 24.2 Å². The molecule has 3 rings (SSSR count). The normalized spacial score (nSPS) is 16.5. The highest BCUT2D eigenvalue weighted by molar-refractivity contribution is 5.28. The topological polar surface area (TPSA) is 103 Å². The molecule has 1 unspecified atom stereocenters. The van der Waals surface area contributed by atoms with Crippen LogP contribution in [0.1, 0.15) is 41.3 Å². The average Bonchev–Trinajstić information content (AvgIpc) is 2.75. The molecule has 0 aliphatic carbocycles. The van der Waals surface area contributed by atoms with Crippen molar-refractivity contribution in [2.45, 2.75) is 43.1 Å². The van der Waals surface area contributed by atoms with Gasteiger partial charge < -0.3 is 9.84 Å². The first-order valence-corrected chi connectivity index (χ1v) is 9.52. The van der Waals surface area contributed by atoms with Crippen LogP contribution in [-0.4, -0.2) is 33.9 Å². The molecule has 176 valence electrons. The minimum atomic E-state index is -4.52. The van der Waals surface area contributed by atoms with Crippen LogP contribution < -0.4 is 0 Å². The Morgan fingerprint density at radius 1 is 0.939 bits per heavy atom. The van der Waals surface area contributed by atoms with E-state index in [0.29, 0.717) is 18.8 Å². The van der Waals surface area contributed by atoms with E-state index < -0.39 is 35.3 Å². The van der Waals surface area contributed by atoms with Crippen LogP contribution in [0.25, 0.3) is 0 Å². The zero-order valence-electron chi connectivity index (χ0n) is 17.0. The number of hydrogen-bond donors (Lipinski definition) is 1. The van der Waals surface area contributed by atoms with E-state index in [2.05, 4.69) is 9.97 Å². The summed E-state index contributed by atoms with van der Waals surface area (Å²) in [5.74, 6) is -0.916. The summed E-state index contributed by atoms with van der Waals surface area (Å²) in [6, 6.07) is 7.91. The predicted molar refractivity (Wildman–Crippen MR) is 101 cm³/mol. The van der Waals surface area contributed by atoms with Crippen molar-refractivity contribution in [2.75, 3.05) is 13.2 Å². The van der Waals surface area contributed by atoms with Gasteiger partial charge >= 0.3 is 12.4 Å². The number of aliphatic hydroxyl groups is 1. The lowest BCUT2D eigenvalue weighted by atomic mass is 9.78. The number of pyridine rings is 2. The molecule has 1 fully saturated rings. The fourth-order valence-corrected chi connectivity index (χ4v) is 3.05. The molecule has 1 aliphatic heterocycles. The summed E-state index contributed by atoms with van der Waals surface area (Å²) in [5.41, 5.74) is -2.47. The molecular formula is C21H18F6N4O2. The van der Waals surface area contributed by atoms with Crippen LogP contribution >= 0.6 is 0 Å². The van der Waals surface area contributed by atoms with Crippen LogP contribution in [0.3, 0.4) is 0 Å². The Morgan fingerprint density at radius 3 is 1.88 bits per heavy atom. The fraction of sp³-hybridized carbons (Fsp3) is 0.429. The highest BCUT2D eigenvalue weighted by Gasteiger charge is 2.40. The highest BCUT2D eigenvalue weighted by atomic mass is 19.4. The molecule has 1 N–H and O–H groups in total. The molecule has 1 aliphatic rings. The number of halogens is 6. The van der Waals surface area contributed by atoms with E-state index in [1.165, 1.54) is 12.1 Å². The van der Waals surface area contributed by atoms with E-state index in [4.69, 9.17) is 10.00 Å². The third-order valence-corrected chi connectivity index (χ3v) is 4.83. The first-order chi connectivity index (χ1) is 15.4. The van der Waals surface area contributed by atoms with Crippen LogP contribution in [-0.2, 0) is 23.5 Å². The molecule has 0 spiro atoms. The molecule has 0 aromatic carbocycles. The summed E-state index contributed by atoms with van der Waals surface area (Å²) in [5, 5.41) is 27.9. The third-order valence-electron chi connectivity index (χ3n) is 4.83. The Hall–Kier alpha value is -3.22. The molecule has 6 nitrogen and oxygen atoms in total. The monoisotopic (exact) mass is 472 g/mol. The number of rotatable bonds is 3. The second kappa shape index (κ2) is 10.6. The fourth-order valence-electron chi connectivity index (χ4n) is 3.05. The summed E-state index contributed by atoms with van der Waals surface area (Å²) in [6.45, 7) is 0.644. The number of nitrogens with zero attached hydrogens (tertiary/aromatic N) is 4. The average molecular weight is 472 g/mol. The number of hydrogen-bond acceptors (Lipinski definition) is 6. The van der Waals surface area contributed by atoms with Gasteiger partial charge in [-0.1, -0.05) is 12.1 Å². The Morgan fingerprint density at radius 2 is 1.48 bits per heavy atom. The van der Waals surface area contributed by atoms with Crippen molar-refractivity contribution in [1.29, 1.82) is 10.5 Å². The smallest absolute Gasteiger partial charge is 0.388 e. The summed E-state index contributed by atoms with van der Waals surface area (Å²) in [7, 11) is 0. The van der Waals surface area contributed by atoms with Gasteiger partial charge in [-0.25, -0.2) is 0 Å². The number of ether oxygens (including phenoxy) is 1. The zero-order valence-corrected chi connectivity index (χ0v) is 17.0. The van der Waals surface area contributed by atoms with Gasteiger partial charge in [-0.05, 0) is 23.3 Å². The first-order valence-electron chi connectivity index (χ1n) is 9.52. The van der Waals surface area contributed by atoms with Crippen LogP contribution in [0.4, 0.5) is 26.3 Å². The first kappa shape index (κ1) is 26.0. The maximum Gasteiger partial charge on any atom is 0.433 e. The lowest BCUT2D eigenvalue weighted by Crippen LogP contribution is -2.41. The van der Waals surface area contributed by atoms with Crippen LogP contribution in [0.2, 0.25) is 0 Å². The van der Waals surface area contributed by atoms with E-state index in [0.717, 1.165) is 24.5 Å². The van der Waals surface area contributed by atoms with E-state index in [-0.39, 0.29) is 24.8 Å². The molecule has 1 atom stereocenters. The molecule has 2 aromatic heterocycles. The van der Waals surface area contributed by atoms with Gasteiger partial charge in [0.1, 0.15) is 17.3 Å². The minimum Gasteiger partial charge on any atom is -0.388 e. The van der Waals surface area contributed by atoms with Gasteiger partial charge in [0.2, 0.25) is 0 Å². The van der Waals surface area contributed by atoms with E-state index in [1.54, 1.807) is 0 Å². The van der Waals surface area contributed by atoms with Gasteiger partial charge in [-0.2, -0.15) is 36.9 Å². The van der Waals surface area contributed by atoms with Crippen molar-refractivity contribution >= 4 is 0 Å². The van der Waals surface area contributed by atoms with Crippen molar-refractivity contribution < 1.29 is 36.2 Å². The second-order valence-electron chi connectivity index (χ2n) is 7.14. The maximum atomic E-state index is 12.4. The Balaban J connectivity index is 0.000000257. The van der Waals surface area contributed by atoms with Gasteiger partial charge in [-0.3, -0.25) is 9.97 Å². The molecule has 2 aromatic rings. The van der Waals surface area contributed by atoms with Gasteiger partial charge in [-0.15, -0.1) is 0 Å². The predicted octanol–water partition coefficient (Wildman–Crippen LogP) is 4.42. The Bertz CT molecular complexity index is 986. The molecule has 0 saturated carbocycles. The number of aromatic nitrogens is 2. The molecule has 33 heavy (non-hydrogen) atoms. The Labute approximate surface area is 185 Å². The van der Waals surface area contributed by atoms with Gasteiger partial charge in [0.25, 0.3) is 0 Å². The van der Waals surface area contributed by atoms with Crippen molar-refractivity contribution in [1.82, 2.24) is 9.97 Å². The van der Waals surface area contributed by atoms with Gasteiger partial charge in [0.15, 0.2) is 0 Å². The van der Waals surface area contributed by atoms with Crippen LogP contribution in [0.5, 0.6) is 0 Å². The quantitative estimate of drug-likeness (QED) is 0.664. The molecule has 0 radical (unpaired) electrons. The molecular weight excluding hydrogens is 454 g/mol. The second-order valence-corrected chi connectivity index (χ2v) is 7.14. The molecule has 3 heterocycles. The molecule has 0 bridgehead atoms. The third kappa shape index (κ3) is 7.14. The molecule has 12 heteroatoms. The zero-order chi connectivity index (χ0) is 24.7. The standard InChI is InChI=1S/C13H13F3N2O2.C8H5F3N2/c14-13(15,16)11-2-1-9(8-18-11)10(7-17)12(19)3-5-20-6-4-12;9-8(10,11)7-2-1-6(3-4-12)5-13-7/h1-2,8,10,19H,3-6H2;1-2,5H,3H2. The highest BCUT2D eigenvalue weighted by Crippen LogP contribution is 2.36. The summed E-state index contributed by atoms with van der Waals surface area (Å²) in [6.07, 6.45) is -6.25. The SMILES string of the molecule is N#CC(c1ccc(C(F)(F)F)nc1)C1(O)CCOCC1.N#CCc1ccc(C(F)(F)F)nc1. The van der Waals surface area contributed by atoms with E-state index in [1.807, 2.05) is 12.1 Å². The van der Waals surface area contributed by atoms with Crippen molar-refractivity contribution in [3.8, 4) is 12.1 Å². The van der Waals surface area contributed by atoms with Crippen molar-refractivity contribution in [2.24, 2.45) is 0 Å². The maximum absolute atomic E-state index is 12.4. The lowest BCUT2D eigenvalue weighted by Gasteiger charge is -2.35. The lowest BCUT2D eigenvalue weighted by molar-refractivity contribution is -0.142. The Kier molecular flexibility index (Phi) is 8.36. The van der Waals surface area contributed by atoms with Crippen LogP contribution in [0.15, 0.2) is 36.7 Å². The summed E-state index contributed by atoms with van der Waals surface area (Å²) >= 11 is 0. The minimum absolute atomic E-state index is 0.0745. The van der Waals surface area contributed by atoms with Gasteiger partial charge in [0, 0.05) is 38.4 Å². The molecule has 1 saturated heterocycles. The number of nitriles is 2. The van der Waals surface area contributed by atoms with E-state index in [9.17, 15) is 36.7 Å². The van der Waals surface area contributed by atoms with Crippen molar-refractivity contribution in [3.05, 3.63) is 59.2 Å². The summed E-state index contributed by atoms with van der Waals surface area (Å²) < 4.78 is 78.4.